The van der Waals surface area contributed by atoms with Gasteiger partial charge in [-0.1, -0.05) is 42.8 Å². The van der Waals surface area contributed by atoms with Crippen molar-refractivity contribution in [3.05, 3.63) is 118 Å². The summed E-state index contributed by atoms with van der Waals surface area (Å²) in [6, 6.07) is 19.4. The van der Waals surface area contributed by atoms with Crippen LogP contribution in [0, 0.1) is 24.2 Å². The lowest BCUT2D eigenvalue weighted by atomic mass is 9.75. The maximum Gasteiger partial charge on any atom is 0.321 e. The Morgan fingerprint density at radius 2 is 1.93 bits per heavy atom. The number of anilines is 1. The number of allylic oxidation sites excluding steroid dienone is 1. The average Bonchev–Trinajstić information content (AvgIpc) is 3.47. The van der Waals surface area contributed by atoms with Crippen LogP contribution < -0.4 is 5.32 Å². The average molecular weight is 607 g/mol. The molecule has 1 unspecified atom stereocenters. The Balaban J connectivity index is 1.34. The first-order valence-corrected chi connectivity index (χ1v) is 15.8. The van der Waals surface area contributed by atoms with Crippen LogP contribution >= 0.6 is 11.6 Å². The second-order valence-electron chi connectivity index (χ2n) is 11.3. The number of benzene rings is 2. The summed E-state index contributed by atoms with van der Waals surface area (Å²) in [6.45, 7) is 6.46. The molecule has 1 atom stereocenters. The smallest absolute Gasteiger partial charge is 0.321 e. The van der Waals surface area contributed by atoms with Gasteiger partial charge in [-0.2, -0.15) is 5.26 Å². The molecule has 5 rings (SSSR count). The molecule has 2 aromatic heterocycles. The minimum Gasteiger partial charge on any atom is -0.335 e. The molecule has 0 spiro atoms. The van der Waals surface area contributed by atoms with Gasteiger partial charge in [-0.3, -0.25) is 4.98 Å². The number of aromatic nitrogens is 3. The predicted molar refractivity (Wildman–Crippen MR) is 177 cm³/mol. The van der Waals surface area contributed by atoms with Crippen molar-refractivity contribution in [3.8, 4) is 6.07 Å². The molecule has 226 valence electrons. The largest absolute Gasteiger partial charge is 0.335 e. The molecule has 1 N–H and O–H groups in total. The van der Waals surface area contributed by atoms with Crippen molar-refractivity contribution in [1.29, 1.82) is 5.26 Å². The summed E-state index contributed by atoms with van der Waals surface area (Å²) in [4.78, 5) is 24.3. The number of carbonyl (C=O) groups is 1. The Bertz CT molecular complexity index is 1630. The molecule has 1 saturated heterocycles. The quantitative estimate of drug-likeness (QED) is 0.184. The zero-order chi connectivity index (χ0) is 30.9. The molecule has 0 bridgehead atoms. The van der Waals surface area contributed by atoms with Gasteiger partial charge in [0.05, 0.1) is 17.3 Å². The van der Waals surface area contributed by atoms with E-state index in [2.05, 4.69) is 58.2 Å². The molecule has 0 radical (unpaired) electrons. The molecule has 7 nitrogen and oxygen atoms in total. The number of rotatable bonds is 10. The van der Waals surface area contributed by atoms with Crippen LogP contribution in [0.1, 0.15) is 72.3 Å². The number of hydrogen-bond donors (Lipinski definition) is 1. The number of hydrogen-bond acceptors (Lipinski definition) is 4. The van der Waals surface area contributed by atoms with E-state index in [1.54, 1.807) is 24.3 Å². The van der Waals surface area contributed by atoms with E-state index in [4.69, 9.17) is 21.8 Å². The fourth-order valence-electron chi connectivity index (χ4n) is 6.12. The molecule has 4 aromatic rings. The lowest BCUT2D eigenvalue weighted by Crippen LogP contribution is -2.42. The van der Waals surface area contributed by atoms with Crippen LogP contribution in [0.25, 0.3) is 6.08 Å². The Kier molecular flexibility index (Phi) is 10.5. The Hall–Kier alpha value is -4.41. The van der Waals surface area contributed by atoms with Crippen molar-refractivity contribution in [1.82, 2.24) is 19.4 Å². The van der Waals surface area contributed by atoms with Gasteiger partial charge in [-0.05, 0) is 104 Å². The summed E-state index contributed by atoms with van der Waals surface area (Å²) >= 11 is 6.55. The van der Waals surface area contributed by atoms with E-state index in [9.17, 15) is 4.79 Å². The number of pyridine rings is 1. The maximum absolute atomic E-state index is 13.1. The van der Waals surface area contributed by atoms with Gasteiger partial charge in [0.15, 0.2) is 0 Å². The summed E-state index contributed by atoms with van der Waals surface area (Å²) in [5, 5.41) is 12.8. The van der Waals surface area contributed by atoms with Crippen molar-refractivity contribution in [2.45, 2.75) is 58.4 Å². The standard InChI is InChI=1S/C36H39ClN6O/c1-3-28-9-7-18-40-35(28)34(29-16-21-43(22-17-29)36(44)41-32-13-10-27(25-38)11-14-32)33-15-12-31(37)24-30(33)8-5-4-6-20-42-23-19-39-26(42)2/h5,7-15,18-19,23-24,29,34H,3-4,6,16-17,20-22H2,1-2H3,(H,41,44)/b8-5+. The maximum atomic E-state index is 13.1. The van der Waals surface area contributed by atoms with E-state index in [0.29, 0.717) is 35.3 Å². The number of nitrogens with one attached hydrogen (secondary N) is 1. The number of unbranched alkanes of at least 4 members (excludes halogenated alkanes) is 1. The highest BCUT2D eigenvalue weighted by molar-refractivity contribution is 6.30. The van der Waals surface area contributed by atoms with Crippen molar-refractivity contribution in [2.24, 2.45) is 5.92 Å². The van der Waals surface area contributed by atoms with Crippen LogP contribution in [0.3, 0.4) is 0 Å². The number of likely N-dealkylation sites (tertiary alicyclic amines) is 1. The highest BCUT2D eigenvalue weighted by Crippen LogP contribution is 2.41. The number of piperidine rings is 1. The molecule has 2 amide bonds. The fourth-order valence-corrected chi connectivity index (χ4v) is 6.30. The number of aryl methyl sites for hydroxylation is 3. The van der Waals surface area contributed by atoms with Gasteiger partial charge in [0.25, 0.3) is 0 Å². The van der Waals surface area contributed by atoms with Gasteiger partial charge in [0.2, 0.25) is 0 Å². The highest BCUT2D eigenvalue weighted by Gasteiger charge is 2.33. The molecular formula is C36H39ClN6O. The van der Waals surface area contributed by atoms with Crippen LogP contribution in [-0.4, -0.2) is 38.6 Å². The molecule has 1 aliphatic heterocycles. The van der Waals surface area contributed by atoms with E-state index in [-0.39, 0.29) is 11.9 Å². The third-order valence-corrected chi connectivity index (χ3v) is 8.77. The third kappa shape index (κ3) is 7.56. The van der Waals surface area contributed by atoms with E-state index in [0.717, 1.165) is 55.7 Å². The number of carbonyl (C=O) groups excluding carboxylic acids is 1. The second kappa shape index (κ2) is 14.9. The summed E-state index contributed by atoms with van der Waals surface area (Å²) in [6.07, 6.45) is 14.8. The van der Waals surface area contributed by atoms with E-state index < -0.39 is 0 Å². The van der Waals surface area contributed by atoms with Gasteiger partial charge < -0.3 is 14.8 Å². The van der Waals surface area contributed by atoms with E-state index >= 15 is 0 Å². The monoisotopic (exact) mass is 606 g/mol. The summed E-state index contributed by atoms with van der Waals surface area (Å²) in [5.74, 6) is 1.43. The highest BCUT2D eigenvalue weighted by atomic mass is 35.5. The zero-order valence-corrected chi connectivity index (χ0v) is 26.2. The molecule has 0 aliphatic carbocycles. The Morgan fingerprint density at radius 1 is 1.14 bits per heavy atom. The first kappa shape index (κ1) is 31.0. The van der Waals surface area contributed by atoms with Gasteiger partial charge >= 0.3 is 6.03 Å². The number of amides is 2. The number of imidazole rings is 1. The second-order valence-corrected chi connectivity index (χ2v) is 11.7. The third-order valence-electron chi connectivity index (χ3n) is 8.54. The molecule has 0 saturated carbocycles. The van der Waals surface area contributed by atoms with Crippen LogP contribution in [0.4, 0.5) is 10.5 Å². The van der Waals surface area contributed by atoms with Gasteiger partial charge in [-0.25, -0.2) is 9.78 Å². The lowest BCUT2D eigenvalue weighted by molar-refractivity contribution is 0.177. The number of nitriles is 1. The Morgan fingerprint density at radius 3 is 2.64 bits per heavy atom. The molecular weight excluding hydrogens is 568 g/mol. The van der Waals surface area contributed by atoms with Crippen LogP contribution in [0.15, 0.2) is 79.3 Å². The van der Waals surface area contributed by atoms with Gasteiger partial charge in [0, 0.05) is 54.9 Å². The summed E-state index contributed by atoms with van der Waals surface area (Å²) < 4.78 is 2.18. The van der Waals surface area contributed by atoms with Crippen LogP contribution in [0.2, 0.25) is 5.02 Å². The molecule has 2 aromatic carbocycles. The molecule has 8 heteroatoms. The topological polar surface area (TPSA) is 86.8 Å². The van der Waals surface area contributed by atoms with Crippen molar-refractivity contribution in [3.63, 3.8) is 0 Å². The van der Waals surface area contributed by atoms with Crippen molar-refractivity contribution < 1.29 is 4.79 Å². The van der Waals surface area contributed by atoms with Crippen LogP contribution in [0.5, 0.6) is 0 Å². The van der Waals surface area contributed by atoms with Gasteiger partial charge in [0.1, 0.15) is 5.82 Å². The molecule has 1 aliphatic rings. The van der Waals surface area contributed by atoms with Gasteiger partial charge in [-0.15, -0.1) is 0 Å². The van der Waals surface area contributed by atoms with E-state index in [1.165, 1.54) is 11.1 Å². The summed E-state index contributed by atoms with van der Waals surface area (Å²) in [5.41, 5.74) is 5.96. The Labute approximate surface area is 265 Å². The number of nitrogens with zero attached hydrogens (tertiary/aromatic N) is 5. The first-order chi connectivity index (χ1) is 21.5. The van der Waals surface area contributed by atoms with Crippen molar-refractivity contribution in [2.75, 3.05) is 18.4 Å². The van der Waals surface area contributed by atoms with E-state index in [1.807, 2.05) is 42.5 Å². The normalized spacial score (nSPS) is 14.5. The minimum absolute atomic E-state index is 0.0837. The first-order valence-electron chi connectivity index (χ1n) is 15.4. The fraction of sp³-hybridized carbons (Fsp3) is 0.333. The molecule has 3 heterocycles. The molecule has 44 heavy (non-hydrogen) atoms. The molecule has 1 fully saturated rings. The SMILES string of the molecule is CCc1cccnc1C(c1ccc(Cl)cc1/C=C/CCCn1ccnc1C)C1CCN(C(=O)Nc2ccc(C#N)cc2)CC1. The predicted octanol–water partition coefficient (Wildman–Crippen LogP) is 8.24. The number of halogens is 1. The summed E-state index contributed by atoms with van der Waals surface area (Å²) in [7, 11) is 0. The number of urea groups is 1. The zero-order valence-electron chi connectivity index (χ0n) is 25.4. The van der Waals surface area contributed by atoms with Crippen LogP contribution in [-0.2, 0) is 13.0 Å². The van der Waals surface area contributed by atoms with Crippen molar-refractivity contribution >= 4 is 29.4 Å². The lowest BCUT2D eigenvalue weighted by Gasteiger charge is -2.37. The minimum atomic E-state index is -0.113.